The Morgan fingerprint density at radius 3 is 2.22 bits per heavy atom. The van der Waals surface area contributed by atoms with Gasteiger partial charge >= 0.3 is 12.1 Å². The molecule has 1 heterocycles. The highest BCUT2D eigenvalue weighted by atomic mass is 19.4. The first-order valence-corrected chi connectivity index (χ1v) is 17.0. The summed E-state index contributed by atoms with van der Waals surface area (Å²) in [6, 6.07) is 22.8. The van der Waals surface area contributed by atoms with E-state index in [1.807, 2.05) is 54.6 Å². The fourth-order valence-electron chi connectivity index (χ4n) is 6.94. The van der Waals surface area contributed by atoms with Gasteiger partial charge in [0, 0.05) is 25.8 Å². The number of alkyl halides is 3. The highest BCUT2D eigenvalue weighted by molar-refractivity contribution is 5.91. The standard InChI is InChI=1S/C40H38F4N2O5/c41-34-18-27(12-17-33(34)40(42,43)44)24-51-32-16-15-30-22-36(46(23-31(30)21-32)37(47)20-25-6-4-5-7-25)38(48)45-35(39(49)50)19-26-10-13-29(14-11-26)28-8-2-1-3-9-28/h1-3,8-18,21,25,35-36H,4-7,19-20,22-24H2,(H,45,48)(H,49,50)/t35-,36-/m0/s1. The van der Waals surface area contributed by atoms with E-state index in [1.165, 1.54) is 4.90 Å². The van der Waals surface area contributed by atoms with E-state index in [9.17, 15) is 37.1 Å². The number of nitrogens with zero attached hydrogens (tertiary/aromatic N) is 1. The minimum Gasteiger partial charge on any atom is -0.489 e. The van der Waals surface area contributed by atoms with Gasteiger partial charge in [-0.1, -0.05) is 79.6 Å². The number of carboxylic acids is 1. The van der Waals surface area contributed by atoms with Gasteiger partial charge in [0.2, 0.25) is 11.8 Å². The molecular weight excluding hydrogens is 664 g/mol. The number of ether oxygens (including phenoxy) is 1. The minimum absolute atomic E-state index is 0.0546. The van der Waals surface area contributed by atoms with E-state index < -0.39 is 41.5 Å². The van der Waals surface area contributed by atoms with Crippen LogP contribution in [-0.4, -0.2) is 39.9 Å². The number of carboxylic acid groups (broad SMARTS) is 1. The predicted octanol–water partition coefficient (Wildman–Crippen LogP) is 7.74. The molecule has 0 aromatic heterocycles. The summed E-state index contributed by atoms with van der Waals surface area (Å²) in [7, 11) is 0. The zero-order valence-electron chi connectivity index (χ0n) is 27.8. The van der Waals surface area contributed by atoms with Gasteiger partial charge in [0.15, 0.2) is 0 Å². The number of carbonyl (C=O) groups excluding carboxylic acids is 2. The summed E-state index contributed by atoms with van der Waals surface area (Å²) in [4.78, 5) is 41.5. The fraction of sp³-hybridized carbons (Fsp3) is 0.325. The molecule has 0 spiro atoms. The van der Waals surface area contributed by atoms with Gasteiger partial charge in [0.05, 0.1) is 5.56 Å². The van der Waals surface area contributed by atoms with E-state index in [4.69, 9.17) is 4.74 Å². The Kier molecular flexibility index (Phi) is 10.7. The summed E-state index contributed by atoms with van der Waals surface area (Å²) < 4.78 is 58.8. The van der Waals surface area contributed by atoms with Gasteiger partial charge < -0.3 is 20.1 Å². The van der Waals surface area contributed by atoms with Crippen LogP contribution >= 0.6 is 0 Å². The molecular formula is C40H38F4N2O5. The average Bonchev–Trinajstić information content (AvgIpc) is 3.63. The van der Waals surface area contributed by atoms with Crippen LogP contribution in [0, 0.1) is 11.7 Å². The molecule has 7 nitrogen and oxygen atoms in total. The van der Waals surface area contributed by atoms with Crippen molar-refractivity contribution in [3.05, 3.63) is 125 Å². The monoisotopic (exact) mass is 702 g/mol. The van der Waals surface area contributed by atoms with Crippen molar-refractivity contribution in [2.45, 2.75) is 76.4 Å². The van der Waals surface area contributed by atoms with Crippen LogP contribution in [0.25, 0.3) is 11.1 Å². The molecule has 0 saturated heterocycles. The van der Waals surface area contributed by atoms with Crippen LogP contribution in [0.5, 0.6) is 5.75 Å². The smallest absolute Gasteiger partial charge is 0.419 e. The molecule has 1 aliphatic heterocycles. The maximum absolute atomic E-state index is 14.1. The number of nitrogens with one attached hydrogen (secondary N) is 1. The van der Waals surface area contributed by atoms with Crippen LogP contribution in [0.1, 0.15) is 59.9 Å². The molecule has 6 rings (SSSR count). The number of benzene rings is 4. The van der Waals surface area contributed by atoms with E-state index in [-0.39, 0.29) is 49.8 Å². The van der Waals surface area contributed by atoms with Crippen molar-refractivity contribution in [2.24, 2.45) is 5.92 Å². The van der Waals surface area contributed by atoms with Crippen molar-refractivity contribution in [3.8, 4) is 16.9 Å². The van der Waals surface area contributed by atoms with Crippen LogP contribution in [0.15, 0.2) is 91.0 Å². The molecule has 1 aliphatic carbocycles. The Labute approximate surface area is 293 Å². The molecule has 2 aliphatic rings. The summed E-state index contributed by atoms with van der Waals surface area (Å²) in [5.41, 5.74) is 3.10. The van der Waals surface area contributed by atoms with Crippen molar-refractivity contribution in [1.29, 1.82) is 0 Å². The predicted molar refractivity (Wildman–Crippen MR) is 182 cm³/mol. The average molecular weight is 703 g/mol. The van der Waals surface area contributed by atoms with Gasteiger partial charge in [-0.25, -0.2) is 9.18 Å². The molecule has 266 valence electrons. The van der Waals surface area contributed by atoms with Crippen LogP contribution in [-0.2, 0) is 46.6 Å². The van der Waals surface area contributed by atoms with Crippen LogP contribution in [0.3, 0.4) is 0 Å². The quantitative estimate of drug-likeness (QED) is 0.156. The van der Waals surface area contributed by atoms with Gasteiger partial charge in [0.25, 0.3) is 0 Å². The fourth-order valence-corrected chi connectivity index (χ4v) is 6.94. The number of carbonyl (C=O) groups is 3. The zero-order chi connectivity index (χ0) is 36.1. The Morgan fingerprint density at radius 2 is 1.55 bits per heavy atom. The molecule has 51 heavy (non-hydrogen) atoms. The lowest BCUT2D eigenvalue weighted by molar-refractivity contribution is -0.145. The van der Waals surface area contributed by atoms with E-state index in [1.54, 1.807) is 18.2 Å². The van der Waals surface area contributed by atoms with Crippen molar-refractivity contribution in [3.63, 3.8) is 0 Å². The molecule has 0 radical (unpaired) electrons. The highest BCUT2D eigenvalue weighted by Crippen LogP contribution is 2.34. The summed E-state index contributed by atoms with van der Waals surface area (Å²) in [5.74, 6) is -2.75. The number of aliphatic carboxylic acids is 1. The van der Waals surface area contributed by atoms with E-state index in [0.29, 0.717) is 11.8 Å². The molecule has 2 amide bonds. The summed E-state index contributed by atoms with van der Waals surface area (Å²) in [6.07, 6.45) is -0.369. The minimum atomic E-state index is -4.80. The van der Waals surface area contributed by atoms with Crippen molar-refractivity contribution >= 4 is 17.8 Å². The highest BCUT2D eigenvalue weighted by Gasteiger charge is 2.38. The van der Waals surface area contributed by atoms with E-state index in [2.05, 4.69) is 5.32 Å². The Bertz CT molecular complexity index is 1870. The summed E-state index contributed by atoms with van der Waals surface area (Å²) >= 11 is 0. The van der Waals surface area contributed by atoms with E-state index in [0.717, 1.165) is 65.6 Å². The third-order valence-corrected chi connectivity index (χ3v) is 9.73. The summed E-state index contributed by atoms with van der Waals surface area (Å²) in [6.45, 7) is -0.0987. The van der Waals surface area contributed by atoms with Crippen LogP contribution in [0.2, 0.25) is 0 Å². The number of halogens is 4. The first-order valence-electron chi connectivity index (χ1n) is 17.0. The number of amides is 2. The molecule has 0 unspecified atom stereocenters. The second-order valence-electron chi connectivity index (χ2n) is 13.3. The Balaban J connectivity index is 1.17. The second-order valence-corrected chi connectivity index (χ2v) is 13.3. The number of rotatable bonds is 11. The van der Waals surface area contributed by atoms with Gasteiger partial charge in [-0.05, 0) is 76.4 Å². The van der Waals surface area contributed by atoms with Crippen molar-refractivity contribution in [2.75, 3.05) is 0 Å². The summed E-state index contributed by atoms with van der Waals surface area (Å²) in [5, 5.41) is 12.8. The normalized spacial score (nSPS) is 16.7. The third kappa shape index (κ3) is 8.76. The zero-order valence-corrected chi connectivity index (χ0v) is 27.8. The largest absolute Gasteiger partial charge is 0.489 e. The molecule has 0 bridgehead atoms. The number of fused-ring (bicyclic) bond motifs is 1. The maximum Gasteiger partial charge on any atom is 0.419 e. The lowest BCUT2D eigenvalue weighted by Gasteiger charge is -2.37. The molecule has 4 aromatic rings. The molecule has 2 atom stereocenters. The van der Waals surface area contributed by atoms with E-state index >= 15 is 0 Å². The first kappa shape index (κ1) is 35.6. The van der Waals surface area contributed by atoms with Crippen molar-refractivity contribution in [1.82, 2.24) is 10.2 Å². The van der Waals surface area contributed by atoms with Gasteiger partial charge in [-0.3, -0.25) is 9.59 Å². The van der Waals surface area contributed by atoms with Gasteiger partial charge in [-0.2, -0.15) is 13.2 Å². The van der Waals surface area contributed by atoms with Crippen LogP contribution in [0.4, 0.5) is 17.6 Å². The molecule has 1 fully saturated rings. The molecule has 4 aromatic carbocycles. The molecule has 2 N–H and O–H groups in total. The van der Waals surface area contributed by atoms with Crippen molar-refractivity contribution < 1.29 is 41.8 Å². The Morgan fingerprint density at radius 1 is 0.863 bits per heavy atom. The third-order valence-electron chi connectivity index (χ3n) is 9.73. The molecule has 11 heteroatoms. The number of hydrogen-bond donors (Lipinski definition) is 2. The van der Waals surface area contributed by atoms with Crippen LogP contribution < -0.4 is 10.1 Å². The maximum atomic E-state index is 14.1. The van der Waals surface area contributed by atoms with Gasteiger partial charge in [0.1, 0.15) is 30.3 Å². The first-order chi connectivity index (χ1) is 24.4. The lowest BCUT2D eigenvalue weighted by atomic mass is 9.91. The SMILES string of the molecule is O=C(O)[C@H](Cc1ccc(-c2ccccc2)cc1)NC(=O)[C@@H]1Cc2ccc(OCc3ccc(C(F)(F)F)c(F)c3)cc2CN1C(=O)CC1CCCC1. The van der Waals surface area contributed by atoms with Gasteiger partial charge in [-0.15, -0.1) is 0 Å². The molecule has 1 saturated carbocycles. The topological polar surface area (TPSA) is 95.9 Å². The second kappa shape index (κ2) is 15.4. The lowest BCUT2D eigenvalue weighted by Crippen LogP contribution is -2.56. The number of hydrogen-bond acceptors (Lipinski definition) is 4. The Hall–Kier alpha value is -5.19.